The topological polar surface area (TPSA) is 20.2 Å². The van der Waals surface area contributed by atoms with Gasteiger partial charge in [-0.3, -0.25) is 0 Å². The summed E-state index contributed by atoms with van der Waals surface area (Å²) < 4.78 is 12.6. The van der Waals surface area contributed by atoms with Gasteiger partial charge in [-0.25, -0.2) is 4.39 Å². The summed E-state index contributed by atoms with van der Waals surface area (Å²) in [6, 6.07) is 6.48. The molecule has 0 fully saturated rings. The number of aryl methyl sites for hydroxylation is 1. The molecule has 1 nitrogen and oxygen atoms in total. The molecule has 1 rings (SSSR count). The maximum atomic E-state index is 12.6. The first-order chi connectivity index (χ1) is 5.68. The Morgan fingerprint density at radius 2 is 2.25 bits per heavy atom. The van der Waals surface area contributed by atoms with E-state index in [0.29, 0.717) is 6.42 Å². The number of aliphatic hydroxyl groups is 1. The number of rotatable bonds is 3. The SMILES string of the molecule is CC(O)CCc1cccc(F)c1. The minimum atomic E-state index is -0.312. The highest BCUT2D eigenvalue weighted by Gasteiger charge is 1.98. The van der Waals surface area contributed by atoms with Gasteiger partial charge in [-0.05, 0) is 37.5 Å². The van der Waals surface area contributed by atoms with E-state index in [0.717, 1.165) is 12.0 Å². The summed E-state index contributed by atoms with van der Waals surface area (Å²) in [5, 5.41) is 8.99. The predicted molar refractivity (Wildman–Crippen MR) is 46.4 cm³/mol. The predicted octanol–water partition coefficient (Wildman–Crippen LogP) is 2.14. The van der Waals surface area contributed by atoms with Gasteiger partial charge in [0.25, 0.3) is 0 Å². The van der Waals surface area contributed by atoms with Gasteiger partial charge in [0.2, 0.25) is 0 Å². The van der Waals surface area contributed by atoms with E-state index < -0.39 is 0 Å². The van der Waals surface area contributed by atoms with Gasteiger partial charge in [-0.15, -0.1) is 0 Å². The van der Waals surface area contributed by atoms with Crippen LogP contribution in [0, 0.1) is 5.82 Å². The van der Waals surface area contributed by atoms with Gasteiger partial charge in [0, 0.05) is 0 Å². The van der Waals surface area contributed by atoms with E-state index in [1.165, 1.54) is 12.1 Å². The Labute approximate surface area is 71.9 Å². The van der Waals surface area contributed by atoms with Crippen LogP contribution < -0.4 is 0 Å². The van der Waals surface area contributed by atoms with E-state index >= 15 is 0 Å². The van der Waals surface area contributed by atoms with Crippen molar-refractivity contribution in [1.29, 1.82) is 0 Å². The Hall–Kier alpha value is -0.890. The molecular weight excluding hydrogens is 155 g/mol. The maximum absolute atomic E-state index is 12.6. The monoisotopic (exact) mass is 168 g/mol. The second-order valence-electron chi connectivity index (χ2n) is 3.02. The largest absolute Gasteiger partial charge is 0.393 e. The molecular formula is C10H13FO. The van der Waals surface area contributed by atoms with E-state index in [4.69, 9.17) is 5.11 Å². The average Bonchev–Trinajstić information content (AvgIpc) is 2.01. The van der Waals surface area contributed by atoms with Crippen molar-refractivity contribution in [3.8, 4) is 0 Å². The third kappa shape index (κ3) is 3.01. The van der Waals surface area contributed by atoms with Crippen molar-refractivity contribution in [2.75, 3.05) is 0 Å². The normalized spacial score (nSPS) is 12.9. The first-order valence-corrected chi connectivity index (χ1v) is 4.11. The molecule has 0 spiro atoms. The number of hydrogen-bond donors (Lipinski definition) is 1. The highest BCUT2D eigenvalue weighted by Crippen LogP contribution is 2.07. The van der Waals surface area contributed by atoms with Crippen LogP contribution in [-0.4, -0.2) is 11.2 Å². The summed E-state index contributed by atoms with van der Waals surface area (Å²) in [4.78, 5) is 0. The zero-order valence-electron chi connectivity index (χ0n) is 7.13. The fourth-order valence-corrected chi connectivity index (χ4v) is 1.07. The standard InChI is InChI=1S/C10H13FO/c1-8(12)5-6-9-3-2-4-10(11)7-9/h2-4,7-8,12H,5-6H2,1H3. The van der Waals surface area contributed by atoms with Gasteiger partial charge in [0.15, 0.2) is 0 Å². The highest BCUT2D eigenvalue weighted by molar-refractivity contribution is 5.16. The molecule has 66 valence electrons. The molecule has 1 atom stereocenters. The van der Waals surface area contributed by atoms with Gasteiger partial charge < -0.3 is 5.11 Å². The van der Waals surface area contributed by atoms with E-state index in [9.17, 15) is 4.39 Å². The van der Waals surface area contributed by atoms with Gasteiger partial charge in [0.05, 0.1) is 6.10 Å². The minimum Gasteiger partial charge on any atom is -0.393 e. The van der Waals surface area contributed by atoms with Crippen molar-refractivity contribution in [3.63, 3.8) is 0 Å². The maximum Gasteiger partial charge on any atom is 0.123 e. The lowest BCUT2D eigenvalue weighted by atomic mass is 10.1. The number of benzene rings is 1. The molecule has 0 saturated carbocycles. The molecule has 0 aliphatic heterocycles. The summed E-state index contributed by atoms with van der Waals surface area (Å²) in [6.07, 6.45) is 1.10. The third-order valence-corrected chi connectivity index (χ3v) is 1.74. The van der Waals surface area contributed by atoms with Crippen molar-refractivity contribution >= 4 is 0 Å². The van der Waals surface area contributed by atoms with Crippen LogP contribution in [0.5, 0.6) is 0 Å². The number of halogens is 1. The molecule has 0 aliphatic rings. The van der Waals surface area contributed by atoms with Crippen molar-refractivity contribution in [2.24, 2.45) is 0 Å². The summed E-state index contributed by atoms with van der Waals surface area (Å²) in [6.45, 7) is 1.74. The first kappa shape index (κ1) is 9.20. The van der Waals surface area contributed by atoms with Crippen LogP contribution in [0.3, 0.4) is 0 Å². The lowest BCUT2D eigenvalue weighted by Gasteiger charge is -2.03. The number of hydrogen-bond acceptors (Lipinski definition) is 1. The van der Waals surface area contributed by atoms with E-state index in [-0.39, 0.29) is 11.9 Å². The van der Waals surface area contributed by atoms with Crippen LogP contribution in [-0.2, 0) is 6.42 Å². The molecule has 0 radical (unpaired) electrons. The summed E-state index contributed by atoms with van der Waals surface area (Å²) in [5.74, 6) is -0.210. The van der Waals surface area contributed by atoms with Crippen molar-refractivity contribution in [2.45, 2.75) is 25.9 Å². The molecule has 0 heterocycles. The molecule has 0 aromatic heterocycles. The Morgan fingerprint density at radius 3 is 2.83 bits per heavy atom. The lowest BCUT2D eigenvalue weighted by Crippen LogP contribution is -2.01. The highest BCUT2D eigenvalue weighted by atomic mass is 19.1. The van der Waals surface area contributed by atoms with Gasteiger partial charge >= 0.3 is 0 Å². The minimum absolute atomic E-state index is 0.210. The molecule has 1 unspecified atom stereocenters. The third-order valence-electron chi connectivity index (χ3n) is 1.74. The summed E-state index contributed by atoms with van der Waals surface area (Å²) >= 11 is 0. The quantitative estimate of drug-likeness (QED) is 0.733. The number of aliphatic hydroxyl groups excluding tert-OH is 1. The molecule has 12 heavy (non-hydrogen) atoms. The Morgan fingerprint density at radius 1 is 1.50 bits per heavy atom. The van der Waals surface area contributed by atoms with Crippen LogP contribution in [0.4, 0.5) is 4.39 Å². The zero-order chi connectivity index (χ0) is 8.97. The van der Waals surface area contributed by atoms with Crippen molar-refractivity contribution < 1.29 is 9.50 Å². The lowest BCUT2D eigenvalue weighted by molar-refractivity contribution is 0.185. The summed E-state index contributed by atoms with van der Waals surface area (Å²) in [5.41, 5.74) is 0.941. The van der Waals surface area contributed by atoms with Gasteiger partial charge in [0.1, 0.15) is 5.82 Å². The van der Waals surface area contributed by atoms with E-state index in [1.54, 1.807) is 13.0 Å². The van der Waals surface area contributed by atoms with Crippen LogP contribution in [0.2, 0.25) is 0 Å². The Balaban J connectivity index is 2.52. The Bertz CT molecular complexity index is 245. The molecule has 2 heteroatoms. The molecule has 1 aromatic carbocycles. The first-order valence-electron chi connectivity index (χ1n) is 4.11. The fraction of sp³-hybridized carbons (Fsp3) is 0.400. The van der Waals surface area contributed by atoms with E-state index in [2.05, 4.69) is 0 Å². The van der Waals surface area contributed by atoms with Gasteiger partial charge in [-0.1, -0.05) is 12.1 Å². The van der Waals surface area contributed by atoms with Crippen LogP contribution >= 0.6 is 0 Å². The van der Waals surface area contributed by atoms with Crippen molar-refractivity contribution in [1.82, 2.24) is 0 Å². The zero-order valence-corrected chi connectivity index (χ0v) is 7.13. The average molecular weight is 168 g/mol. The molecule has 0 saturated heterocycles. The second kappa shape index (κ2) is 4.21. The van der Waals surface area contributed by atoms with E-state index in [1.807, 2.05) is 6.07 Å². The van der Waals surface area contributed by atoms with Crippen molar-refractivity contribution in [3.05, 3.63) is 35.6 Å². The van der Waals surface area contributed by atoms with Crippen LogP contribution in [0.15, 0.2) is 24.3 Å². The molecule has 1 aromatic rings. The molecule has 1 N–H and O–H groups in total. The molecule has 0 bridgehead atoms. The smallest absolute Gasteiger partial charge is 0.123 e. The van der Waals surface area contributed by atoms with Crippen LogP contribution in [0.1, 0.15) is 18.9 Å². The fourth-order valence-electron chi connectivity index (χ4n) is 1.07. The van der Waals surface area contributed by atoms with Crippen LogP contribution in [0.25, 0.3) is 0 Å². The second-order valence-corrected chi connectivity index (χ2v) is 3.02. The molecule has 0 aliphatic carbocycles. The summed E-state index contributed by atoms with van der Waals surface area (Å²) in [7, 11) is 0. The Kier molecular flexibility index (Phi) is 3.23. The van der Waals surface area contributed by atoms with Gasteiger partial charge in [-0.2, -0.15) is 0 Å². The molecule has 0 amide bonds.